The van der Waals surface area contributed by atoms with Crippen LogP contribution in [0.1, 0.15) is 29.9 Å². The van der Waals surface area contributed by atoms with Crippen LogP contribution in [0, 0.1) is 12.8 Å². The number of aliphatic hydroxyl groups excluding tert-OH is 1. The Kier molecular flexibility index (Phi) is 5.54. The van der Waals surface area contributed by atoms with Crippen LogP contribution in [0.3, 0.4) is 0 Å². The van der Waals surface area contributed by atoms with Crippen LogP contribution in [0.25, 0.3) is 0 Å². The standard InChI is InChI=1S/C24H30N2O4S/c1-17-5-4-6-19(13-17)31(28,29)26-15-22-24(20-7-2-3-8-21(20)26)23(16-27)25(22)14-18-9-11-30-12-10-18/h2-8,13,18,22-24,27H,9-12,14-16H2,1H3/t22-,23+,24+/m1/s1. The van der Waals surface area contributed by atoms with Crippen molar-refractivity contribution in [2.24, 2.45) is 5.92 Å². The van der Waals surface area contributed by atoms with Gasteiger partial charge in [0.15, 0.2) is 0 Å². The SMILES string of the molecule is Cc1cccc(S(=O)(=O)N2C[C@@H]3[C@H](c4ccccc42)[C@H](CO)N3CC2CCOCC2)c1. The Balaban J connectivity index is 1.50. The molecule has 3 heterocycles. The van der Waals surface area contributed by atoms with Crippen LogP contribution in [-0.4, -0.2) is 63.4 Å². The summed E-state index contributed by atoms with van der Waals surface area (Å²) < 4.78 is 34.4. The van der Waals surface area contributed by atoms with E-state index in [-0.39, 0.29) is 24.6 Å². The van der Waals surface area contributed by atoms with Crippen molar-refractivity contribution in [1.82, 2.24) is 4.90 Å². The average Bonchev–Trinajstić information content (AvgIpc) is 2.78. The van der Waals surface area contributed by atoms with Crippen LogP contribution < -0.4 is 4.31 Å². The van der Waals surface area contributed by atoms with E-state index >= 15 is 0 Å². The quantitative estimate of drug-likeness (QED) is 0.771. The Morgan fingerprint density at radius 1 is 1.10 bits per heavy atom. The maximum Gasteiger partial charge on any atom is 0.264 e. The first-order chi connectivity index (χ1) is 15.0. The normalized spacial score (nSPS) is 26.8. The lowest BCUT2D eigenvalue weighted by Gasteiger charge is -2.59. The van der Waals surface area contributed by atoms with E-state index in [2.05, 4.69) is 4.90 Å². The summed E-state index contributed by atoms with van der Waals surface area (Å²) in [6.45, 7) is 4.87. The lowest BCUT2D eigenvalue weighted by molar-refractivity contribution is -0.0616. The van der Waals surface area contributed by atoms with Crippen LogP contribution in [0.5, 0.6) is 0 Å². The molecule has 3 aliphatic rings. The fraction of sp³-hybridized carbons (Fsp3) is 0.500. The Hall–Kier alpha value is -1.93. The number of likely N-dealkylation sites (tertiary alicyclic amines) is 1. The smallest absolute Gasteiger partial charge is 0.264 e. The molecule has 0 saturated carbocycles. The van der Waals surface area contributed by atoms with Crippen LogP contribution >= 0.6 is 0 Å². The van der Waals surface area contributed by atoms with E-state index in [0.717, 1.165) is 49.4 Å². The lowest BCUT2D eigenvalue weighted by atomic mass is 9.72. The van der Waals surface area contributed by atoms with Gasteiger partial charge in [-0.2, -0.15) is 0 Å². The maximum atomic E-state index is 13.7. The zero-order valence-corrected chi connectivity index (χ0v) is 18.7. The largest absolute Gasteiger partial charge is 0.395 e. The van der Waals surface area contributed by atoms with E-state index in [1.807, 2.05) is 37.3 Å². The van der Waals surface area contributed by atoms with E-state index in [9.17, 15) is 13.5 Å². The van der Waals surface area contributed by atoms with Gasteiger partial charge in [-0.25, -0.2) is 8.42 Å². The highest BCUT2D eigenvalue weighted by Crippen LogP contribution is 2.49. The second kappa shape index (κ2) is 8.20. The van der Waals surface area contributed by atoms with Gasteiger partial charge in [0.2, 0.25) is 0 Å². The number of benzene rings is 2. The average molecular weight is 443 g/mol. The van der Waals surface area contributed by atoms with E-state index in [0.29, 0.717) is 17.4 Å². The number of hydrogen-bond acceptors (Lipinski definition) is 5. The molecule has 3 atom stereocenters. The minimum Gasteiger partial charge on any atom is -0.395 e. The highest BCUT2D eigenvalue weighted by molar-refractivity contribution is 7.92. The fourth-order valence-corrected chi connectivity index (χ4v) is 7.17. The molecule has 0 amide bonds. The number of aryl methyl sites for hydroxylation is 1. The summed E-state index contributed by atoms with van der Waals surface area (Å²) in [5.41, 5.74) is 2.70. The van der Waals surface area contributed by atoms with Gasteiger partial charge in [0.1, 0.15) is 0 Å². The number of ether oxygens (including phenoxy) is 1. The summed E-state index contributed by atoms with van der Waals surface area (Å²) in [4.78, 5) is 2.67. The van der Waals surface area contributed by atoms with Crippen molar-refractivity contribution in [3.8, 4) is 0 Å². The Bertz CT molecular complexity index is 1050. The molecule has 0 unspecified atom stereocenters. The summed E-state index contributed by atoms with van der Waals surface area (Å²) >= 11 is 0. The number of fused-ring (bicyclic) bond motifs is 3. The Labute approximate surface area is 184 Å². The van der Waals surface area contributed by atoms with E-state index in [1.54, 1.807) is 22.5 Å². The molecule has 31 heavy (non-hydrogen) atoms. The molecule has 5 rings (SSSR count). The van der Waals surface area contributed by atoms with E-state index in [1.165, 1.54) is 0 Å². The molecule has 166 valence electrons. The molecule has 2 saturated heterocycles. The summed E-state index contributed by atoms with van der Waals surface area (Å²) in [5, 5.41) is 10.2. The molecule has 0 radical (unpaired) electrons. The van der Waals surface area contributed by atoms with Crippen molar-refractivity contribution in [3.05, 3.63) is 59.7 Å². The predicted octanol–water partition coefficient (Wildman–Crippen LogP) is 2.76. The third-order valence-corrected chi connectivity index (χ3v) is 8.95. The van der Waals surface area contributed by atoms with Crippen molar-refractivity contribution >= 4 is 15.7 Å². The number of aliphatic hydroxyl groups is 1. The first-order valence-electron chi connectivity index (χ1n) is 11.1. The van der Waals surface area contributed by atoms with Gasteiger partial charge < -0.3 is 9.84 Å². The van der Waals surface area contributed by atoms with Crippen molar-refractivity contribution in [1.29, 1.82) is 0 Å². The molecular weight excluding hydrogens is 412 g/mol. The van der Waals surface area contributed by atoms with Gasteiger partial charge in [0, 0.05) is 37.8 Å². The second-order valence-corrected chi connectivity index (χ2v) is 10.9. The number of anilines is 1. The van der Waals surface area contributed by atoms with Crippen molar-refractivity contribution in [3.63, 3.8) is 0 Å². The molecule has 0 bridgehead atoms. The number of hydrogen-bond donors (Lipinski definition) is 1. The van der Waals surface area contributed by atoms with Gasteiger partial charge in [0.05, 0.1) is 23.7 Å². The molecule has 0 aliphatic carbocycles. The zero-order chi connectivity index (χ0) is 21.6. The van der Waals surface area contributed by atoms with Crippen molar-refractivity contribution < 1.29 is 18.3 Å². The molecule has 3 aliphatic heterocycles. The van der Waals surface area contributed by atoms with Gasteiger partial charge >= 0.3 is 0 Å². The molecule has 2 aromatic rings. The molecule has 7 heteroatoms. The third-order valence-electron chi connectivity index (χ3n) is 7.17. The van der Waals surface area contributed by atoms with Crippen molar-refractivity contribution in [2.45, 2.75) is 42.7 Å². The number of para-hydroxylation sites is 1. The molecule has 6 nitrogen and oxygen atoms in total. The van der Waals surface area contributed by atoms with Crippen LogP contribution in [0.2, 0.25) is 0 Å². The van der Waals surface area contributed by atoms with Crippen molar-refractivity contribution in [2.75, 3.05) is 37.2 Å². The van der Waals surface area contributed by atoms with Gasteiger partial charge in [-0.3, -0.25) is 9.21 Å². The van der Waals surface area contributed by atoms with Crippen LogP contribution in [-0.2, 0) is 14.8 Å². The number of rotatable bonds is 5. The number of sulfonamides is 1. The molecule has 1 N–H and O–H groups in total. The Morgan fingerprint density at radius 2 is 1.87 bits per heavy atom. The number of nitrogens with zero attached hydrogens (tertiary/aromatic N) is 2. The second-order valence-electron chi connectivity index (χ2n) is 9.01. The van der Waals surface area contributed by atoms with Gasteiger partial charge in [-0.1, -0.05) is 30.3 Å². The highest BCUT2D eigenvalue weighted by Gasteiger charge is 2.54. The van der Waals surface area contributed by atoms with Crippen LogP contribution in [0.15, 0.2) is 53.4 Å². The topological polar surface area (TPSA) is 70.1 Å². The van der Waals surface area contributed by atoms with E-state index < -0.39 is 10.0 Å². The lowest BCUT2D eigenvalue weighted by Crippen LogP contribution is -2.69. The third kappa shape index (κ3) is 3.57. The van der Waals surface area contributed by atoms with Gasteiger partial charge in [-0.15, -0.1) is 0 Å². The molecule has 0 aromatic heterocycles. The van der Waals surface area contributed by atoms with E-state index in [4.69, 9.17) is 4.74 Å². The fourth-order valence-electron chi connectivity index (χ4n) is 5.56. The molecule has 2 fully saturated rings. The van der Waals surface area contributed by atoms with Gasteiger partial charge in [-0.05, 0) is 55.0 Å². The minimum atomic E-state index is -3.68. The molecular formula is C24H30N2O4S. The minimum absolute atomic E-state index is 0.0396. The van der Waals surface area contributed by atoms with Gasteiger partial charge in [0.25, 0.3) is 10.0 Å². The zero-order valence-electron chi connectivity index (χ0n) is 17.9. The monoisotopic (exact) mass is 442 g/mol. The summed E-state index contributed by atoms with van der Waals surface area (Å²) in [7, 11) is -3.68. The first kappa shape index (κ1) is 20.9. The summed E-state index contributed by atoms with van der Waals surface area (Å²) in [6, 6.07) is 15.0. The van der Waals surface area contributed by atoms with Crippen LogP contribution in [0.4, 0.5) is 5.69 Å². The summed E-state index contributed by atoms with van der Waals surface area (Å²) in [6.07, 6.45) is 2.04. The Morgan fingerprint density at radius 3 is 2.61 bits per heavy atom. The molecule has 0 spiro atoms. The first-order valence-corrected chi connectivity index (χ1v) is 12.6. The summed E-state index contributed by atoms with van der Waals surface area (Å²) in [5.74, 6) is 0.688. The molecule has 2 aromatic carbocycles. The predicted molar refractivity (Wildman–Crippen MR) is 120 cm³/mol. The highest BCUT2D eigenvalue weighted by atomic mass is 32.2. The maximum absolute atomic E-state index is 13.7.